The predicted octanol–water partition coefficient (Wildman–Crippen LogP) is 1.97. The summed E-state index contributed by atoms with van der Waals surface area (Å²) in [5.74, 6) is 2.13. The number of aromatic nitrogens is 3. The number of rotatable bonds is 10. The highest BCUT2D eigenvalue weighted by Gasteiger charge is 2.05. The molecule has 2 N–H and O–H groups in total. The summed E-state index contributed by atoms with van der Waals surface area (Å²) in [5.41, 5.74) is 0.946. The molecule has 0 aliphatic heterocycles. The van der Waals surface area contributed by atoms with Gasteiger partial charge in [-0.3, -0.25) is 0 Å². The molecule has 1 aromatic heterocycles. The Hall–Kier alpha value is -2.48. The average Bonchev–Trinajstić information content (AvgIpc) is 2.97. The Labute approximate surface area is 160 Å². The molecular formula is C19H29FN6O. The molecule has 1 aromatic carbocycles. The summed E-state index contributed by atoms with van der Waals surface area (Å²) in [5, 5.41) is 14.8. The normalized spacial score (nSPS) is 11.6. The standard InChI is InChI=1S/C19H29FN6O/c1-4-27-12-6-10-21-19(23-14-18-25-24-15(2)26(18)3)22-11-9-16-7-5-8-17(20)13-16/h5,7-8,13H,4,6,9-12,14H2,1-3H3,(H2,21,22,23). The number of nitrogens with zero attached hydrogens (tertiary/aromatic N) is 4. The van der Waals surface area contributed by atoms with Crippen molar-refractivity contribution in [2.24, 2.45) is 12.0 Å². The Kier molecular flexibility index (Phi) is 8.70. The van der Waals surface area contributed by atoms with Crippen LogP contribution in [0.3, 0.4) is 0 Å². The molecular weight excluding hydrogens is 347 g/mol. The third-order valence-corrected chi connectivity index (χ3v) is 4.12. The van der Waals surface area contributed by atoms with Gasteiger partial charge in [-0.15, -0.1) is 10.2 Å². The first-order chi connectivity index (χ1) is 13.1. The number of halogens is 1. The van der Waals surface area contributed by atoms with Gasteiger partial charge in [0, 0.05) is 33.4 Å². The second kappa shape index (κ2) is 11.3. The lowest BCUT2D eigenvalue weighted by molar-refractivity contribution is 0.145. The lowest BCUT2D eigenvalue weighted by atomic mass is 10.1. The van der Waals surface area contributed by atoms with Crippen LogP contribution in [-0.4, -0.2) is 47.0 Å². The van der Waals surface area contributed by atoms with Crippen LogP contribution in [0.4, 0.5) is 4.39 Å². The summed E-state index contributed by atoms with van der Waals surface area (Å²) >= 11 is 0. The van der Waals surface area contributed by atoms with Crippen LogP contribution < -0.4 is 10.6 Å². The van der Waals surface area contributed by atoms with Gasteiger partial charge in [0.2, 0.25) is 0 Å². The van der Waals surface area contributed by atoms with Gasteiger partial charge in [-0.25, -0.2) is 9.38 Å². The third-order valence-electron chi connectivity index (χ3n) is 4.12. The monoisotopic (exact) mass is 376 g/mol. The fourth-order valence-electron chi connectivity index (χ4n) is 2.46. The van der Waals surface area contributed by atoms with E-state index in [0.717, 1.165) is 36.8 Å². The smallest absolute Gasteiger partial charge is 0.191 e. The maximum absolute atomic E-state index is 13.3. The van der Waals surface area contributed by atoms with Gasteiger partial charge in [0.25, 0.3) is 0 Å². The molecule has 0 aliphatic rings. The van der Waals surface area contributed by atoms with E-state index in [2.05, 4.69) is 25.8 Å². The lowest BCUT2D eigenvalue weighted by Gasteiger charge is -2.13. The molecule has 1 heterocycles. The van der Waals surface area contributed by atoms with E-state index >= 15 is 0 Å². The van der Waals surface area contributed by atoms with E-state index in [0.29, 0.717) is 32.1 Å². The van der Waals surface area contributed by atoms with E-state index in [1.54, 1.807) is 12.1 Å². The van der Waals surface area contributed by atoms with Crippen LogP contribution in [0.2, 0.25) is 0 Å². The van der Waals surface area contributed by atoms with Gasteiger partial charge in [0.05, 0.1) is 0 Å². The van der Waals surface area contributed by atoms with Crippen molar-refractivity contribution in [3.05, 3.63) is 47.3 Å². The number of hydrogen-bond donors (Lipinski definition) is 2. The summed E-state index contributed by atoms with van der Waals surface area (Å²) in [6, 6.07) is 6.64. The maximum atomic E-state index is 13.3. The van der Waals surface area contributed by atoms with Crippen molar-refractivity contribution in [3.63, 3.8) is 0 Å². The molecule has 148 valence electrons. The molecule has 0 radical (unpaired) electrons. The summed E-state index contributed by atoms with van der Waals surface area (Å²) in [7, 11) is 1.92. The molecule has 0 saturated heterocycles. The first-order valence-corrected chi connectivity index (χ1v) is 9.29. The van der Waals surface area contributed by atoms with Gasteiger partial charge in [0.15, 0.2) is 11.8 Å². The maximum Gasteiger partial charge on any atom is 0.191 e. The fraction of sp³-hybridized carbons (Fsp3) is 0.526. The van der Waals surface area contributed by atoms with Crippen LogP contribution in [0.15, 0.2) is 29.3 Å². The number of benzene rings is 1. The Morgan fingerprint density at radius 1 is 1.26 bits per heavy atom. The number of nitrogens with one attached hydrogen (secondary N) is 2. The van der Waals surface area contributed by atoms with Gasteiger partial charge in [-0.2, -0.15) is 0 Å². The van der Waals surface area contributed by atoms with Gasteiger partial charge in [-0.05, 0) is 44.4 Å². The van der Waals surface area contributed by atoms with Gasteiger partial charge in [-0.1, -0.05) is 12.1 Å². The zero-order valence-corrected chi connectivity index (χ0v) is 16.3. The number of hydrogen-bond acceptors (Lipinski definition) is 4. The van der Waals surface area contributed by atoms with E-state index in [1.165, 1.54) is 6.07 Å². The van der Waals surface area contributed by atoms with Gasteiger partial charge < -0.3 is 19.9 Å². The molecule has 0 spiro atoms. The molecule has 0 aliphatic carbocycles. The summed E-state index contributed by atoms with van der Waals surface area (Å²) < 4.78 is 20.6. The zero-order chi connectivity index (χ0) is 19.5. The second-order valence-electron chi connectivity index (χ2n) is 6.17. The van der Waals surface area contributed by atoms with E-state index in [-0.39, 0.29) is 5.82 Å². The Balaban J connectivity index is 1.89. The second-order valence-corrected chi connectivity index (χ2v) is 6.17. The topological polar surface area (TPSA) is 76.4 Å². The zero-order valence-electron chi connectivity index (χ0n) is 16.3. The first kappa shape index (κ1) is 20.8. The van der Waals surface area contributed by atoms with Crippen LogP contribution in [0.1, 0.15) is 30.6 Å². The highest BCUT2D eigenvalue weighted by atomic mass is 19.1. The average molecular weight is 376 g/mol. The van der Waals surface area contributed by atoms with Crippen LogP contribution >= 0.6 is 0 Å². The lowest BCUT2D eigenvalue weighted by Crippen LogP contribution is -2.39. The van der Waals surface area contributed by atoms with Crippen molar-refractivity contribution in [2.45, 2.75) is 33.2 Å². The fourth-order valence-corrected chi connectivity index (χ4v) is 2.46. The molecule has 0 unspecified atom stereocenters. The van der Waals surface area contributed by atoms with Crippen molar-refractivity contribution < 1.29 is 9.13 Å². The summed E-state index contributed by atoms with van der Waals surface area (Å²) in [4.78, 5) is 4.59. The molecule has 7 nitrogen and oxygen atoms in total. The minimum Gasteiger partial charge on any atom is -0.382 e. The van der Waals surface area contributed by atoms with Crippen molar-refractivity contribution in [1.29, 1.82) is 0 Å². The molecule has 0 bridgehead atoms. The summed E-state index contributed by atoms with van der Waals surface area (Å²) in [6.07, 6.45) is 1.60. The Morgan fingerprint density at radius 3 is 2.78 bits per heavy atom. The summed E-state index contributed by atoms with van der Waals surface area (Å²) in [6.45, 7) is 7.16. The minimum absolute atomic E-state index is 0.215. The van der Waals surface area contributed by atoms with Gasteiger partial charge in [0.1, 0.15) is 18.2 Å². The van der Waals surface area contributed by atoms with Crippen molar-refractivity contribution in [2.75, 3.05) is 26.3 Å². The number of guanidine groups is 1. The first-order valence-electron chi connectivity index (χ1n) is 9.29. The largest absolute Gasteiger partial charge is 0.382 e. The van der Waals surface area contributed by atoms with Gasteiger partial charge >= 0.3 is 0 Å². The van der Waals surface area contributed by atoms with E-state index < -0.39 is 0 Å². The van der Waals surface area contributed by atoms with Crippen molar-refractivity contribution in [1.82, 2.24) is 25.4 Å². The van der Waals surface area contributed by atoms with E-state index in [1.807, 2.05) is 31.5 Å². The Morgan fingerprint density at radius 2 is 2.07 bits per heavy atom. The van der Waals surface area contributed by atoms with E-state index in [9.17, 15) is 4.39 Å². The molecule has 2 aromatic rings. The molecule has 0 saturated carbocycles. The molecule has 2 rings (SSSR count). The number of aliphatic imine (C=N–C) groups is 1. The minimum atomic E-state index is -0.215. The van der Waals surface area contributed by atoms with Crippen LogP contribution in [0.5, 0.6) is 0 Å². The molecule has 0 atom stereocenters. The van der Waals surface area contributed by atoms with E-state index in [4.69, 9.17) is 4.74 Å². The van der Waals surface area contributed by atoms with Crippen LogP contribution in [0.25, 0.3) is 0 Å². The predicted molar refractivity (Wildman–Crippen MR) is 104 cm³/mol. The third kappa shape index (κ3) is 7.34. The highest BCUT2D eigenvalue weighted by Crippen LogP contribution is 2.03. The quantitative estimate of drug-likeness (QED) is 0.377. The molecule has 0 amide bonds. The SMILES string of the molecule is CCOCCCNC(=NCc1nnc(C)n1C)NCCc1cccc(F)c1. The number of ether oxygens (including phenoxy) is 1. The van der Waals surface area contributed by atoms with Crippen LogP contribution in [0, 0.1) is 12.7 Å². The molecule has 8 heteroatoms. The number of aryl methyl sites for hydroxylation is 1. The molecule has 0 fully saturated rings. The highest BCUT2D eigenvalue weighted by molar-refractivity contribution is 5.79. The van der Waals surface area contributed by atoms with Crippen molar-refractivity contribution >= 4 is 5.96 Å². The molecule has 27 heavy (non-hydrogen) atoms. The van der Waals surface area contributed by atoms with Crippen molar-refractivity contribution in [3.8, 4) is 0 Å². The Bertz CT molecular complexity index is 731. The van der Waals surface area contributed by atoms with Crippen LogP contribution in [-0.2, 0) is 24.8 Å².